The molecule has 0 bridgehead atoms. The topological polar surface area (TPSA) is 99.7 Å². The molecule has 1 aromatic carbocycles. The molecule has 0 spiro atoms. The summed E-state index contributed by atoms with van der Waals surface area (Å²) >= 11 is 0. The summed E-state index contributed by atoms with van der Waals surface area (Å²) in [4.78, 5) is 24.8. The Labute approximate surface area is 249 Å². The number of hydrogen-bond acceptors (Lipinski definition) is 8. The minimum Gasteiger partial charge on any atom is -0.475 e. The number of ether oxygens (including phenoxy) is 1. The van der Waals surface area contributed by atoms with Gasteiger partial charge in [0.15, 0.2) is 0 Å². The number of halogens is 3. The summed E-state index contributed by atoms with van der Waals surface area (Å²) in [5.74, 6) is -0.107. The van der Waals surface area contributed by atoms with Crippen molar-refractivity contribution in [1.29, 1.82) is 10.5 Å². The number of fused-ring (bicyclic) bond motifs is 1. The molecule has 0 N–H and O–H groups in total. The summed E-state index contributed by atoms with van der Waals surface area (Å²) in [5, 5.41) is 19.9. The number of amides is 1. The summed E-state index contributed by atoms with van der Waals surface area (Å²) < 4.78 is 47.9. The van der Waals surface area contributed by atoms with Crippen LogP contribution < -0.4 is 14.5 Å². The Kier molecular flexibility index (Phi) is 8.79. The van der Waals surface area contributed by atoms with Crippen LogP contribution in [0.5, 0.6) is 5.88 Å². The molecule has 12 heteroatoms. The number of carbonyl (C=O) groups excluding carboxylic acids is 1. The monoisotopic (exact) mass is 593 g/mol. The van der Waals surface area contributed by atoms with Gasteiger partial charge in [0.05, 0.1) is 42.0 Å². The molecule has 1 aromatic heterocycles. The van der Waals surface area contributed by atoms with Crippen LogP contribution >= 0.6 is 0 Å². The number of likely N-dealkylation sites (tertiary alicyclic amines) is 1. The number of benzene rings is 1. The Hall–Kier alpha value is -4.29. The van der Waals surface area contributed by atoms with Gasteiger partial charge in [-0.05, 0) is 51.1 Å². The average Bonchev–Trinajstić information content (AvgIpc) is 3.42. The van der Waals surface area contributed by atoms with E-state index in [1.54, 1.807) is 15.9 Å². The highest BCUT2D eigenvalue weighted by Gasteiger charge is 2.38. The van der Waals surface area contributed by atoms with E-state index in [-0.39, 0.29) is 42.0 Å². The number of piperazine rings is 1. The van der Waals surface area contributed by atoms with Crippen molar-refractivity contribution in [3.05, 3.63) is 59.3 Å². The number of carbonyl (C=O) groups is 1. The number of para-hydroxylation sites is 1. The molecule has 43 heavy (non-hydrogen) atoms. The van der Waals surface area contributed by atoms with Gasteiger partial charge in [0.25, 0.3) is 0 Å². The van der Waals surface area contributed by atoms with Crippen LogP contribution in [0, 0.1) is 22.7 Å². The second kappa shape index (κ2) is 12.5. The van der Waals surface area contributed by atoms with Crippen molar-refractivity contribution in [2.24, 2.45) is 0 Å². The van der Waals surface area contributed by atoms with Crippen LogP contribution in [0.15, 0.2) is 36.9 Å². The van der Waals surface area contributed by atoms with E-state index in [0.29, 0.717) is 50.6 Å². The molecule has 226 valence electrons. The van der Waals surface area contributed by atoms with Gasteiger partial charge in [0.1, 0.15) is 18.2 Å². The number of aromatic nitrogens is 1. The quantitative estimate of drug-likeness (QED) is 0.442. The molecule has 3 aliphatic rings. The third-order valence-electron chi connectivity index (χ3n) is 8.62. The van der Waals surface area contributed by atoms with E-state index < -0.39 is 17.8 Å². The first kappa shape index (κ1) is 30.2. The number of alkyl halides is 3. The van der Waals surface area contributed by atoms with Crippen molar-refractivity contribution in [1.82, 2.24) is 14.8 Å². The van der Waals surface area contributed by atoms with Crippen molar-refractivity contribution in [2.75, 3.05) is 56.2 Å². The lowest BCUT2D eigenvalue weighted by molar-refractivity contribution is -0.137. The van der Waals surface area contributed by atoms with Crippen LogP contribution in [-0.4, -0.2) is 79.2 Å². The molecule has 0 radical (unpaired) electrons. The molecule has 5 rings (SSSR count). The second-order valence-corrected chi connectivity index (χ2v) is 11.1. The lowest BCUT2D eigenvalue weighted by atomic mass is 9.96. The fourth-order valence-corrected chi connectivity index (χ4v) is 6.39. The van der Waals surface area contributed by atoms with Crippen LogP contribution in [0.1, 0.15) is 41.6 Å². The fourth-order valence-electron chi connectivity index (χ4n) is 6.39. The zero-order chi connectivity index (χ0) is 30.7. The number of rotatable bonds is 7. The summed E-state index contributed by atoms with van der Waals surface area (Å²) in [6, 6.07) is 9.70. The minimum absolute atomic E-state index is 0.0778. The maximum absolute atomic E-state index is 13.9. The van der Waals surface area contributed by atoms with E-state index in [9.17, 15) is 28.5 Å². The molecule has 4 heterocycles. The van der Waals surface area contributed by atoms with E-state index >= 15 is 0 Å². The Balaban J connectivity index is 1.55. The highest BCUT2D eigenvalue weighted by Crippen LogP contribution is 2.41. The van der Waals surface area contributed by atoms with Crippen molar-refractivity contribution in [2.45, 2.75) is 50.5 Å². The van der Waals surface area contributed by atoms with Crippen molar-refractivity contribution < 1.29 is 22.7 Å². The standard InChI is InChI=1S/C31H34F3N7O2/c1-3-28(42)41-16-15-40(18-21(41)10-12-35)29-23-11-14-39(27-9-5-4-8-25(27)31(32,33)34)19-26(23)37-30(24(29)17-36)43-20-22-7-6-13-38(22)2/h3-5,8-9,21-22H,1,6-7,10-11,13-16,18-20H2,2H3. The maximum atomic E-state index is 13.9. The van der Waals surface area contributed by atoms with Crippen molar-refractivity contribution in [3.8, 4) is 18.0 Å². The lowest BCUT2D eigenvalue weighted by Gasteiger charge is -2.43. The zero-order valence-corrected chi connectivity index (χ0v) is 24.1. The average molecular weight is 594 g/mol. The summed E-state index contributed by atoms with van der Waals surface area (Å²) in [6.07, 6.45) is -0.828. The molecule has 0 saturated carbocycles. The molecule has 2 fully saturated rings. The van der Waals surface area contributed by atoms with E-state index in [2.05, 4.69) is 23.6 Å². The van der Waals surface area contributed by atoms with Gasteiger partial charge in [-0.3, -0.25) is 4.79 Å². The third-order valence-corrected chi connectivity index (χ3v) is 8.62. The van der Waals surface area contributed by atoms with Gasteiger partial charge < -0.3 is 24.3 Å². The van der Waals surface area contributed by atoms with E-state index in [0.717, 1.165) is 31.0 Å². The summed E-state index contributed by atoms with van der Waals surface area (Å²) in [7, 11) is 2.02. The molecule has 2 unspecified atom stereocenters. The summed E-state index contributed by atoms with van der Waals surface area (Å²) in [5.41, 5.74) is 1.59. The SMILES string of the molecule is C=CC(=O)N1CCN(c2c(C#N)c(OCC3CCCN3C)nc3c2CCN(c2ccccc2C(F)(F)F)C3)CC1CC#N. The molecule has 3 aliphatic heterocycles. The number of pyridine rings is 1. The Bertz CT molecular complexity index is 1460. The highest BCUT2D eigenvalue weighted by molar-refractivity contribution is 5.87. The molecule has 2 atom stereocenters. The molecular formula is C31H34F3N7O2. The van der Waals surface area contributed by atoms with Gasteiger partial charge in [-0.25, -0.2) is 4.98 Å². The minimum atomic E-state index is -4.51. The Morgan fingerprint density at radius 3 is 2.63 bits per heavy atom. The second-order valence-electron chi connectivity index (χ2n) is 11.1. The fraction of sp³-hybridized carbons (Fsp3) is 0.484. The van der Waals surface area contributed by atoms with Gasteiger partial charge in [-0.2, -0.15) is 23.7 Å². The number of anilines is 2. The Morgan fingerprint density at radius 1 is 1.16 bits per heavy atom. The van der Waals surface area contributed by atoms with Gasteiger partial charge in [0, 0.05) is 43.5 Å². The number of nitriles is 2. The van der Waals surface area contributed by atoms with E-state index in [1.165, 1.54) is 18.2 Å². The normalized spacial score (nSPS) is 20.7. The molecule has 9 nitrogen and oxygen atoms in total. The van der Waals surface area contributed by atoms with Crippen LogP contribution in [0.3, 0.4) is 0 Å². The van der Waals surface area contributed by atoms with E-state index in [4.69, 9.17) is 9.72 Å². The zero-order valence-electron chi connectivity index (χ0n) is 24.1. The third kappa shape index (κ3) is 6.11. The smallest absolute Gasteiger partial charge is 0.418 e. The first-order chi connectivity index (χ1) is 20.7. The number of hydrogen-bond donors (Lipinski definition) is 0. The Morgan fingerprint density at radius 2 is 1.95 bits per heavy atom. The molecule has 0 aliphatic carbocycles. The van der Waals surface area contributed by atoms with Gasteiger partial charge in [-0.15, -0.1) is 0 Å². The first-order valence-corrected chi connectivity index (χ1v) is 14.4. The maximum Gasteiger partial charge on any atom is 0.418 e. The summed E-state index contributed by atoms with van der Waals surface area (Å²) in [6.45, 7) is 6.30. The predicted molar refractivity (Wildman–Crippen MR) is 154 cm³/mol. The largest absolute Gasteiger partial charge is 0.475 e. The molecule has 2 saturated heterocycles. The number of likely N-dealkylation sites (N-methyl/N-ethyl adjacent to an activating group) is 1. The van der Waals surface area contributed by atoms with Crippen molar-refractivity contribution >= 4 is 17.3 Å². The van der Waals surface area contributed by atoms with Crippen LogP contribution in [-0.2, 0) is 23.9 Å². The first-order valence-electron chi connectivity index (χ1n) is 14.4. The van der Waals surface area contributed by atoms with Crippen LogP contribution in [0.4, 0.5) is 24.5 Å². The lowest BCUT2D eigenvalue weighted by Crippen LogP contribution is -2.55. The number of nitrogens with zero attached hydrogens (tertiary/aromatic N) is 7. The van der Waals surface area contributed by atoms with E-state index in [1.807, 2.05) is 11.9 Å². The molecule has 2 aromatic rings. The van der Waals surface area contributed by atoms with Gasteiger partial charge in [0.2, 0.25) is 11.8 Å². The van der Waals surface area contributed by atoms with Gasteiger partial charge in [-0.1, -0.05) is 18.7 Å². The van der Waals surface area contributed by atoms with Crippen LogP contribution in [0.2, 0.25) is 0 Å². The molecular weight excluding hydrogens is 559 g/mol. The van der Waals surface area contributed by atoms with Crippen molar-refractivity contribution in [3.63, 3.8) is 0 Å². The van der Waals surface area contributed by atoms with Crippen LogP contribution in [0.25, 0.3) is 0 Å². The predicted octanol–water partition coefficient (Wildman–Crippen LogP) is 4.12. The molecule has 1 amide bonds. The highest BCUT2D eigenvalue weighted by atomic mass is 19.4. The van der Waals surface area contributed by atoms with Gasteiger partial charge >= 0.3 is 6.18 Å².